The second-order valence-corrected chi connectivity index (χ2v) is 11.2. The van der Waals surface area contributed by atoms with E-state index < -0.39 is 10.0 Å². The van der Waals surface area contributed by atoms with E-state index in [1.807, 2.05) is 12.1 Å². The molecule has 0 radical (unpaired) electrons. The number of aryl methyl sites for hydroxylation is 1. The molecule has 1 heterocycles. The first-order chi connectivity index (χ1) is 14.2. The predicted molar refractivity (Wildman–Crippen MR) is 122 cm³/mol. The number of hydrogen-bond acceptors (Lipinski definition) is 4. The number of sulfonamides is 1. The molecule has 1 atom stereocenters. The summed E-state index contributed by atoms with van der Waals surface area (Å²) in [6.45, 7) is 6.28. The van der Waals surface area contributed by atoms with Gasteiger partial charge in [0.15, 0.2) is 0 Å². The zero-order valence-corrected chi connectivity index (χ0v) is 19.0. The number of hydrogen-bond donors (Lipinski definition) is 0. The van der Waals surface area contributed by atoms with Crippen molar-refractivity contribution in [2.45, 2.75) is 32.1 Å². The van der Waals surface area contributed by atoms with Crippen LogP contribution in [-0.2, 0) is 10.0 Å². The van der Waals surface area contributed by atoms with E-state index in [4.69, 9.17) is 4.74 Å². The molecule has 1 aliphatic carbocycles. The minimum absolute atomic E-state index is 0.268. The Labute approximate surface area is 180 Å². The molecule has 0 bridgehead atoms. The first-order valence-electron chi connectivity index (χ1n) is 10.7. The summed E-state index contributed by atoms with van der Waals surface area (Å²) in [5.74, 6) is 1.44. The smallest absolute Gasteiger partial charge is 0.231 e. The highest BCUT2D eigenvalue weighted by molar-refractivity contribution is 7.92. The molecule has 30 heavy (non-hydrogen) atoms. The highest BCUT2D eigenvalue weighted by atomic mass is 32.2. The number of likely N-dealkylation sites (tertiary alicyclic amines) is 1. The van der Waals surface area contributed by atoms with Crippen molar-refractivity contribution in [3.05, 3.63) is 59.7 Å². The fourth-order valence-electron chi connectivity index (χ4n) is 4.35. The summed E-state index contributed by atoms with van der Waals surface area (Å²) in [5.41, 5.74) is 3.72. The van der Waals surface area contributed by atoms with E-state index in [0.29, 0.717) is 11.6 Å². The molecule has 1 saturated carbocycles. The largest absolute Gasteiger partial charge is 0.493 e. The molecule has 2 fully saturated rings. The van der Waals surface area contributed by atoms with Crippen LogP contribution in [-0.4, -0.2) is 52.9 Å². The van der Waals surface area contributed by atoms with Crippen molar-refractivity contribution in [2.24, 2.45) is 5.41 Å². The van der Waals surface area contributed by atoms with E-state index in [2.05, 4.69) is 36.1 Å². The van der Waals surface area contributed by atoms with Gasteiger partial charge in [-0.15, -0.1) is 0 Å². The van der Waals surface area contributed by atoms with Crippen molar-refractivity contribution < 1.29 is 13.2 Å². The third-order valence-electron chi connectivity index (χ3n) is 6.54. The highest BCUT2D eigenvalue weighted by Gasteiger charge is 2.45. The molecule has 0 amide bonds. The third kappa shape index (κ3) is 4.98. The summed E-state index contributed by atoms with van der Waals surface area (Å²) < 4.78 is 30.7. The van der Waals surface area contributed by atoms with Gasteiger partial charge in [-0.25, -0.2) is 8.42 Å². The van der Waals surface area contributed by atoms with Gasteiger partial charge in [-0.3, -0.25) is 4.31 Å². The van der Waals surface area contributed by atoms with Gasteiger partial charge in [-0.1, -0.05) is 29.8 Å². The molecular formula is C24H32N2O3S. The van der Waals surface area contributed by atoms with Crippen molar-refractivity contribution >= 4 is 15.7 Å². The van der Waals surface area contributed by atoms with Gasteiger partial charge in [-0.05, 0) is 68.5 Å². The van der Waals surface area contributed by atoms with Gasteiger partial charge in [0.1, 0.15) is 5.75 Å². The van der Waals surface area contributed by atoms with Crippen LogP contribution in [0.2, 0.25) is 0 Å². The summed E-state index contributed by atoms with van der Waals surface area (Å²) in [5, 5.41) is 0. The van der Waals surface area contributed by atoms with Crippen molar-refractivity contribution in [3.8, 4) is 5.75 Å². The standard InChI is InChI=1S/C24H32N2O3S/c1-19-5-4-6-20(15-19)21-11-14-26(16-21)17-24(12-13-24)18-29-23-9-7-22(8-10-23)25(2)30(3,27)28/h4-10,15,21H,11-14,16-18H2,1-3H3. The number of rotatable bonds is 8. The second-order valence-electron chi connectivity index (χ2n) is 9.15. The van der Waals surface area contributed by atoms with Crippen LogP contribution < -0.4 is 9.04 Å². The van der Waals surface area contributed by atoms with Crippen LogP contribution in [0.25, 0.3) is 0 Å². The van der Waals surface area contributed by atoms with Crippen molar-refractivity contribution in [3.63, 3.8) is 0 Å². The Kier molecular flexibility index (Phi) is 5.82. The normalized spacial score (nSPS) is 20.8. The van der Waals surface area contributed by atoms with E-state index in [-0.39, 0.29) is 5.41 Å². The van der Waals surface area contributed by atoms with Crippen LogP contribution in [0, 0.1) is 12.3 Å². The van der Waals surface area contributed by atoms with Gasteiger partial charge < -0.3 is 9.64 Å². The Hall–Kier alpha value is -2.05. The maximum atomic E-state index is 11.7. The number of nitrogens with zero attached hydrogens (tertiary/aromatic N) is 2. The predicted octanol–water partition coefficient (Wildman–Crippen LogP) is 4.04. The zero-order valence-electron chi connectivity index (χ0n) is 18.2. The van der Waals surface area contributed by atoms with Gasteiger partial charge in [0.05, 0.1) is 18.6 Å². The van der Waals surface area contributed by atoms with Gasteiger partial charge >= 0.3 is 0 Å². The van der Waals surface area contributed by atoms with Crippen LogP contribution in [0.4, 0.5) is 5.69 Å². The van der Waals surface area contributed by atoms with Crippen molar-refractivity contribution in [1.82, 2.24) is 4.90 Å². The number of ether oxygens (including phenoxy) is 1. The quantitative estimate of drug-likeness (QED) is 0.637. The molecule has 0 N–H and O–H groups in total. The molecule has 4 rings (SSSR count). The van der Waals surface area contributed by atoms with E-state index >= 15 is 0 Å². The van der Waals surface area contributed by atoms with Crippen molar-refractivity contribution in [2.75, 3.05) is 43.8 Å². The minimum Gasteiger partial charge on any atom is -0.493 e. The SMILES string of the molecule is Cc1cccc(C2CCN(CC3(COc4ccc(N(C)S(C)(=O)=O)cc4)CC3)C2)c1. The lowest BCUT2D eigenvalue weighted by Crippen LogP contribution is -2.31. The molecule has 2 aromatic carbocycles. The summed E-state index contributed by atoms with van der Waals surface area (Å²) in [6.07, 6.45) is 4.87. The van der Waals surface area contributed by atoms with Crippen molar-refractivity contribution in [1.29, 1.82) is 0 Å². The Bertz CT molecular complexity index is 984. The maximum absolute atomic E-state index is 11.7. The molecule has 0 aromatic heterocycles. The lowest BCUT2D eigenvalue weighted by molar-refractivity contribution is 0.178. The van der Waals surface area contributed by atoms with Crippen LogP contribution in [0.1, 0.15) is 36.3 Å². The Morgan fingerprint density at radius 2 is 1.90 bits per heavy atom. The maximum Gasteiger partial charge on any atom is 0.231 e. The molecular weight excluding hydrogens is 396 g/mol. The van der Waals surface area contributed by atoms with Gasteiger partial charge in [0.2, 0.25) is 10.0 Å². The first-order valence-corrected chi connectivity index (χ1v) is 12.5. The molecule has 6 heteroatoms. The fraction of sp³-hybridized carbons (Fsp3) is 0.500. The molecule has 2 aromatic rings. The molecule has 1 unspecified atom stereocenters. The van der Waals surface area contributed by atoms with E-state index in [1.165, 1.54) is 41.0 Å². The van der Waals surface area contributed by atoms with E-state index in [9.17, 15) is 8.42 Å². The first kappa shape index (κ1) is 21.2. The van der Waals surface area contributed by atoms with Crippen LogP contribution in [0.3, 0.4) is 0 Å². The van der Waals surface area contributed by atoms with Gasteiger partial charge in [0.25, 0.3) is 0 Å². The van der Waals surface area contributed by atoms with E-state index in [0.717, 1.165) is 32.0 Å². The number of benzene rings is 2. The lowest BCUT2D eigenvalue weighted by Gasteiger charge is -2.24. The summed E-state index contributed by atoms with van der Waals surface area (Å²) in [4.78, 5) is 2.60. The van der Waals surface area contributed by atoms with Gasteiger partial charge in [0, 0.05) is 25.6 Å². The Balaban J connectivity index is 1.30. The molecule has 5 nitrogen and oxygen atoms in total. The van der Waals surface area contributed by atoms with Crippen LogP contribution in [0.5, 0.6) is 5.75 Å². The Morgan fingerprint density at radius 1 is 1.17 bits per heavy atom. The van der Waals surface area contributed by atoms with Crippen LogP contribution >= 0.6 is 0 Å². The van der Waals surface area contributed by atoms with Gasteiger partial charge in [-0.2, -0.15) is 0 Å². The average Bonchev–Trinajstić information content (AvgIpc) is 3.32. The topological polar surface area (TPSA) is 49.9 Å². The average molecular weight is 429 g/mol. The monoisotopic (exact) mass is 428 g/mol. The molecule has 162 valence electrons. The zero-order chi connectivity index (χ0) is 21.4. The molecule has 1 aliphatic heterocycles. The summed E-state index contributed by atoms with van der Waals surface area (Å²) in [7, 11) is -1.69. The molecule has 0 spiro atoms. The second kappa shape index (κ2) is 8.23. The third-order valence-corrected chi connectivity index (χ3v) is 7.75. The molecule has 1 saturated heterocycles. The summed E-state index contributed by atoms with van der Waals surface area (Å²) in [6, 6.07) is 16.2. The van der Waals surface area contributed by atoms with E-state index in [1.54, 1.807) is 19.2 Å². The lowest BCUT2D eigenvalue weighted by atomic mass is 9.97. The minimum atomic E-state index is -3.25. The fourth-order valence-corrected chi connectivity index (χ4v) is 4.86. The highest BCUT2D eigenvalue weighted by Crippen LogP contribution is 2.47. The van der Waals surface area contributed by atoms with Crippen LogP contribution in [0.15, 0.2) is 48.5 Å². The summed E-state index contributed by atoms with van der Waals surface area (Å²) >= 11 is 0. The Morgan fingerprint density at radius 3 is 2.53 bits per heavy atom. The molecule has 2 aliphatic rings. The number of anilines is 1.